The van der Waals surface area contributed by atoms with Crippen LogP contribution in [0.2, 0.25) is 0 Å². The van der Waals surface area contributed by atoms with Crippen LogP contribution in [0.4, 0.5) is 17.6 Å². The topological polar surface area (TPSA) is 52.2 Å². The number of hydrogen-bond acceptors (Lipinski definition) is 3. The Kier molecular flexibility index (Phi) is 6.88. The number of carbonyl (C=O) groups is 1. The molecule has 1 aromatic rings. The van der Waals surface area contributed by atoms with E-state index in [2.05, 4.69) is 20.7 Å². The molecule has 0 heterocycles. The fourth-order valence-corrected chi connectivity index (χ4v) is 3.14. The van der Waals surface area contributed by atoms with Crippen LogP contribution in [0.1, 0.15) is 32.8 Å². The molecule has 1 aromatic carbocycles. The maximum absolute atomic E-state index is 13.9. The van der Waals surface area contributed by atoms with Crippen molar-refractivity contribution in [2.75, 3.05) is 6.67 Å². The van der Waals surface area contributed by atoms with E-state index in [-0.39, 0.29) is 5.56 Å². The van der Waals surface area contributed by atoms with Crippen molar-refractivity contribution in [1.82, 2.24) is 4.72 Å². The summed E-state index contributed by atoms with van der Waals surface area (Å²) in [5, 5.41) is 0. The van der Waals surface area contributed by atoms with Gasteiger partial charge < -0.3 is 4.55 Å². The Hall–Kier alpha value is -0.640. The van der Waals surface area contributed by atoms with Crippen molar-refractivity contribution in [2.45, 2.75) is 43.7 Å². The highest BCUT2D eigenvalue weighted by Crippen LogP contribution is 2.34. The van der Waals surface area contributed by atoms with Gasteiger partial charge in [0.15, 0.2) is 0 Å². The summed E-state index contributed by atoms with van der Waals surface area (Å²) >= 11 is 1.28. The van der Waals surface area contributed by atoms with Crippen molar-refractivity contribution in [2.24, 2.45) is 0 Å². The van der Waals surface area contributed by atoms with Crippen LogP contribution in [0, 0.1) is 0 Å². The number of carbonyl (C=O) groups excluding carboxylic acids is 1. The fraction of sp³-hybridized carbons (Fsp3) is 0.533. The smallest absolute Gasteiger partial charge is 0.450 e. The minimum atomic E-state index is -5.10. The summed E-state index contributed by atoms with van der Waals surface area (Å²) in [6.07, 6.45) is -6.29. The molecule has 0 radical (unpaired) electrons. The van der Waals surface area contributed by atoms with E-state index in [1.54, 1.807) is 26.8 Å². The van der Waals surface area contributed by atoms with Crippen molar-refractivity contribution in [3.63, 3.8) is 0 Å². The maximum Gasteiger partial charge on any atom is 0.450 e. The Bertz CT molecular complexity index is 592. The zero-order valence-electron chi connectivity index (χ0n) is 13.3. The molecule has 2 atom stereocenters. The molecule has 0 amide bonds. The van der Waals surface area contributed by atoms with Gasteiger partial charge in [-0.15, -0.1) is 4.72 Å². The van der Waals surface area contributed by atoms with E-state index in [0.717, 1.165) is 0 Å². The van der Waals surface area contributed by atoms with E-state index in [4.69, 9.17) is 0 Å². The predicted octanol–water partition coefficient (Wildman–Crippen LogP) is 4.19. The molecule has 3 nitrogen and oxygen atoms in total. The average Bonchev–Trinajstić information content (AvgIpc) is 2.44. The van der Waals surface area contributed by atoms with Crippen molar-refractivity contribution in [3.8, 4) is 0 Å². The number of halogens is 5. The van der Waals surface area contributed by atoms with E-state index < -0.39 is 46.7 Å². The minimum absolute atomic E-state index is 0.106. The van der Waals surface area contributed by atoms with Crippen LogP contribution in [0.15, 0.2) is 28.7 Å². The van der Waals surface area contributed by atoms with Crippen molar-refractivity contribution >= 4 is 33.1 Å². The molecule has 136 valence electrons. The highest BCUT2D eigenvalue weighted by Gasteiger charge is 2.48. The molecule has 9 heteroatoms. The van der Waals surface area contributed by atoms with Crippen LogP contribution in [0.25, 0.3) is 0 Å². The Morgan fingerprint density at radius 2 is 1.88 bits per heavy atom. The van der Waals surface area contributed by atoms with Crippen LogP contribution >= 0.6 is 15.9 Å². The van der Waals surface area contributed by atoms with E-state index >= 15 is 0 Å². The summed E-state index contributed by atoms with van der Waals surface area (Å²) in [6, 6.07) is 5.90. The third-order valence-corrected chi connectivity index (χ3v) is 5.41. The standard InChI is InChI=1S/C15H18BrF4NO2S/c1-13(2,3)24(23)21-14(9-17,8-12(22)15(18,19)20)10-5-4-6-11(16)7-10/h4-7,21H,8-9H2,1-3H3/t14-,24?/m0/s1. The van der Waals surface area contributed by atoms with Gasteiger partial charge in [0.05, 0.1) is 0 Å². The van der Waals surface area contributed by atoms with Crippen molar-refractivity contribution < 1.29 is 26.9 Å². The van der Waals surface area contributed by atoms with E-state index in [9.17, 15) is 26.9 Å². The molecule has 0 saturated carbocycles. The fourth-order valence-electron chi connectivity index (χ4n) is 1.84. The summed E-state index contributed by atoms with van der Waals surface area (Å²) in [4.78, 5) is 11.5. The van der Waals surface area contributed by atoms with Gasteiger partial charge in [0.2, 0.25) is 5.78 Å². The summed E-state index contributed by atoms with van der Waals surface area (Å²) < 4.78 is 66.4. The van der Waals surface area contributed by atoms with Gasteiger partial charge >= 0.3 is 6.18 Å². The molecular formula is C15H18BrF4NO2S. The summed E-state index contributed by atoms with van der Waals surface area (Å²) in [5.41, 5.74) is -1.93. The molecule has 0 spiro atoms. The molecule has 24 heavy (non-hydrogen) atoms. The number of Topliss-reactive ketones (excluding diaryl/α,β-unsaturated/α-hetero) is 1. The van der Waals surface area contributed by atoms with E-state index in [1.165, 1.54) is 18.2 Å². The molecule has 0 fully saturated rings. The first kappa shape index (κ1) is 21.4. The highest BCUT2D eigenvalue weighted by atomic mass is 79.9. The second-order valence-corrected chi connectivity index (χ2v) is 9.19. The number of nitrogens with one attached hydrogen (secondary N) is 1. The molecule has 0 aromatic heterocycles. The average molecular weight is 432 g/mol. The van der Waals surface area contributed by atoms with Crippen LogP contribution < -0.4 is 4.72 Å². The van der Waals surface area contributed by atoms with Gasteiger partial charge in [0.25, 0.3) is 0 Å². The molecule has 1 rings (SSSR count). The first-order valence-electron chi connectivity index (χ1n) is 6.93. The van der Waals surface area contributed by atoms with Gasteiger partial charge in [-0.3, -0.25) is 4.79 Å². The number of ketones is 1. The predicted molar refractivity (Wildman–Crippen MR) is 88.5 cm³/mol. The lowest BCUT2D eigenvalue weighted by Gasteiger charge is -2.36. The largest absolute Gasteiger partial charge is 0.598 e. The zero-order chi connectivity index (χ0) is 18.8. The lowest BCUT2D eigenvalue weighted by molar-refractivity contribution is -0.172. The van der Waals surface area contributed by atoms with Gasteiger partial charge in [-0.05, 0) is 38.5 Å². The number of benzene rings is 1. The second kappa shape index (κ2) is 7.72. The van der Waals surface area contributed by atoms with E-state index in [1.807, 2.05) is 0 Å². The second-order valence-electron chi connectivity index (χ2n) is 6.31. The Morgan fingerprint density at radius 3 is 2.29 bits per heavy atom. The third kappa shape index (κ3) is 5.44. The molecule has 0 aliphatic rings. The Labute approximate surface area is 149 Å². The van der Waals surface area contributed by atoms with Crippen LogP contribution in [-0.2, 0) is 21.7 Å². The normalized spacial score (nSPS) is 16.5. The summed E-state index contributed by atoms with van der Waals surface area (Å²) in [6.45, 7) is 3.44. The lowest BCUT2D eigenvalue weighted by Crippen LogP contribution is -2.54. The third-order valence-electron chi connectivity index (χ3n) is 3.23. The lowest BCUT2D eigenvalue weighted by atomic mass is 9.87. The molecule has 0 aliphatic heterocycles. The summed E-state index contributed by atoms with van der Waals surface area (Å²) in [7, 11) is 0. The number of alkyl halides is 4. The molecule has 1 N–H and O–H groups in total. The van der Waals surface area contributed by atoms with Crippen molar-refractivity contribution in [3.05, 3.63) is 34.3 Å². The van der Waals surface area contributed by atoms with Gasteiger partial charge in [-0.2, -0.15) is 13.2 Å². The van der Waals surface area contributed by atoms with Crippen LogP contribution in [-0.4, -0.2) is 27.9 Å². The summed E-state index contributed by atoms with van der Waals surface area (Å²) in [5.74, 6) is -2.08. The first-order valence-corrected chi connectivity index (χ1v) is 8.88. The van der Waals surface area contributed by atoms with Crippen molar-refractivity contribution in [1.29, 1.82) is 0 Å². The molecule has 0 aliphatic carbocycles. The minimum Gasteiger partial charge on any atom is -0.598 e. The maximum atomic E-state index is 13.9. The highest BCUT2D eigenvalue weighted by molar-refractivity contribution is 9.10. The first-order chi connectivity index (χ1) is 10.8. The van der Waals surface area contributed by atoms with Gasteiger partial charge in [0.1, 0.15) is 17.0 Å². The van der Waals surface area contributed by atoms with E-state index in [0.29, 0.717) is 4.47 Å². The van der Waals surface area contributed by atoms with Gasteiger partial charge in [0, 0.05) is 22.3 Å². The van der Waals surface area contributed by atoms with Crippen LogP contribution in [0.5, 0.6) is 0 Å². The molecule has 1 unspecified atom stereocenters. The molecule has 0 saturated heterocycles. The Morgan fingerprint density at radius 1 is 1.29 bits per heavy atom. The number of rotatable bonds is 6. The molecular weight excluding hydrogens is 414 g/mol. The van der Waals surface area contributed by atoms with Gasteiger partial charge in [-0.25, -0.2) is 4.39 Å². The number of hydrogen-bond donors (Lipinski definition) is 1. The SMILES string of the molecule is CC(C)(C)[S+]([O-])N[C@](CF)(CC(=O)C(F)(F)F)c1cccc(Br)c1. The molecule has 0 bridgehead atoms. The van der Waals surface area contributed by atoms with Gasteiger partial charge in [-0.1, -0.05) is 28.1 Å². The quantitative estimate of drug-likeness (QED) is 0.542. The monoisotopic (exact) mass is 431 g/mol. The zero-order valence-corrected chi connectivity index (χ0v) is 15.7. The van der Waals surface area contributed by atoms with Crippen LogP contribution in [0.3, 0.4) is 0 Å². The Balaban J connectivity index is 3.34.